The van der Waals surface area contributed by atoms with Crippen molar-refractivity contribution in [3.63, 3.8) is 0 Å². The van der Waals surface area contributed by atoms with Crippen LogP contribution in [-0.2, 0) is 17.8 Å². The molecular formula is C37H30F4N8O5. The molecule has 7 rings (SSSR count). The number of benzene rings is 2. The Hall–Kier alpha value is -6.54. The number of carbonyl (C=O) groups is 2. The molecule has 17 heteroatoms. The van der Waals surface area contributed by atoms with Crippen LogP contribution in [0.5, 0.6) is 0 Å². The molecule has 0 bridgehead atoms. The van der Waals surface area contributed by atoms with Crippen molar-refractivity contribution in [3.05, 3.63) is 95.8 Å². The molecular weight excluding hydrogens is 712 g/mol. The summed E-state index contributed by atoms with van der Waals surface area (Å²) in [4.78, 5) is 31.6. The van der Waals surface area contributed by atoms with Gasteiger partial charge in [0, 0.05) is 47.8 Å². The van der Waals surface area contributed by atoms with E-state index >= 15 is 0 Å². The lowest BCUT2D eigenvalue weighted by Crippen LogP contribution is -2.30. The standard InChI is InChI=1S/C37H30F4N8O5/c38-24-4-6-32-28(16-24)34(45-30-18-43-12-8-26(30)36(52)53)47-49(32)19-22-9-14-54-20-23(22)3-1-21-2-5-31-27(15-21)33(46-48(31)13-10-37(39,40)41)44-29-17-42-11-7-25(29)35(50)51/h2,4-8,11-12,15-18,22-23H,9-10,13-14,19-20H2,(H,44,46)(H,45,47)(H,50,51)(H,52,53). The summed E-state index contributed by atoms with van der Waals surface area (Å²) < 4.78 is 62.7. The number of carboxylic acid groups (broad SMARTS) is 2. The van der Waals surface area contributed by atoms with E-state index in [2.05, 4.69) is 37.5 Å². The third-order valence-electron chi connectivity index (χ3n) is 8.99. The highest BCUT2D eigenvalue weighted by molar-refractivity contribution is 5.99. The molecule has 54 heavy (non-hydrogen) atoms. The first-order chi connectivity index (χ1) is 25.9. The zero-order chi connectivity index (χ0) is 38.0. The van der Waals surface area contributed by atoms with E-state index in [1.807, 2.05) is 0 Å². The first-order valence-electron chi connectivity index (χ1n) is 16.6. The van der Waals surface area contributed by atoms with Gasteiger partial charge < -0.3 is 25.6 Å². The molecule has 1 aliphatic rings. The van der Waals surface area contributed by atoms with Crippen LogP contribution in [0.15, 0.2) is 73.3 Å². The number of nitrogens with zero attached hydrogens (tertiary/aromatic N) is 6. The summed E-state index contributed by atoms with van der Waals surface area (Å²) in [5.41, 5.74) is 1.72. The van der Waals surface area contributed by atoms with Crippen LogP contribution in [0.25, 0.3) is 21.8 Å². The van der Waals surface area contributed by atoms with E-state index in [1.165, 1.54) is 53.7 Å². The molecule has 0 spiro atoms. The molecule has 0 aliphatic carbocycles. The Morgan fingerprint density at radius 2 is 1.48 bits per heavy atom. The number of aryl methyl sites for hydroxylation is 1. The summed E-state index contributed by atoms with van der Waals surface area (Å²) in [6.45, 7) is 0.713. The molecule has 13 nitrogen and oxygen atoms in total. The number of anilines is 4. The summed E-state index contributed by atoms with van der Waals surface area (Å²) in [5.74, 6) is 3.64. The van der Waals surface area contributed by atoms with Gasteiger partial charge in [-0.25, -0.2) is 14.0 Å². The lowest BCUT2D eigenvalue weighted by Gasteiger charge is -2.28. The first kappa shape index (κ1) is 35.8. The highest BCUT2D eigenvalue weighted by Gasteiger charge is 2.29. The van der Waals surface area contributed by atoms with Crippen molar-refractivity contribution < 1.29 is 42.1 Å². The van der Waals surface area contributed by atoms with E-state index < -0.39 is 36.9 Å². The van der Waals surface area contributed by atoms with Crippen LogP contribution < -0.4 is 10.6 Å². The van der Waals surface area contributed by atoms with E-state index in [0.717, 1.165) is 0 Å². The number of aromatic carboxylic acids is 2. The van der Waals surface area contributed by atoms with Crippen LogP contribution >= 0.6 is 0 Å². The summed E-state index contributed by atoms with van der Waals surface area (Å²) in [6, 6.07) is 11.9. The van der Waals surface area contributed by atoms with Gasteiger partial charge in [0.25, 0.3) is 0 Å². The number of alkyl halides is 3. The minimum absolute atomic E-state index is 0.0271. The van der Waals surface area contributed by atoms with Crippen LogP contribution in [0.4, 0.5) is 40.6 Å². The van der Waals surface area contributed by atoms with E-state index in [4.69, 9.17) is 9.84 Å². The molecule has 5 heterocycles. The first-order valence-corrected chi connectivity index (χ1v) is 16.6. The summed E-state index contributed by atoms with van der Waals surface area (Å²) in [6.07, 6.45) is 0.411. The topological polar surface area (TPSA) is 169 Å². The minimum Gasteiger partial charge on any atom is -0.478 e. The van der Waals surface area contributed by atoms with E-state index in [9.17, 15) is 37.4 Å². The van der Waals surface area contributed by atoms with Crippen molar-refractivity contribution in [2.24, 2.45) is 11.8 Å². The number of hydrogen-bond acceptors (Lipinski definition) is 9. The van der Waals surface area contributed by atoms with Crippen molar-refractivity contribution >= 4 is 56.8 Å². The van der Waals surface area contributed by atoms with E-state index in [1.54, 1.807) is 28.9 Å². The largest absolute Gasteiger partial charge is 0.478 e. The van der Waals surface area contributed by atoms with Crippen LogP contribution in [0, 0.1) is 29.5 Å². The van der Waals surface area contributed by atoms with Crippen LogP contribution in [0.1, 0.15) is 39.1 Å². The Balaban J connectivity index is 1.19. The quantitative estimate of drug-likeness (QED) is 0.0855. The smallest absolute Gasteiger partial charge is 0.390 e. The predicted molar refractivity (Wildman–Crippen MR) is 188 cm³/mol. The second kappa shape index (κ2) is 14.8. The SMILES string of the molecule is O=C(O)c1ccncc1Nc1nn(CCC(F)(F)F)c2ccc(C#CC3COCCC3Cn3nc(Nc4cnccc4C(=O)O)c4cc(F)ccc43)cc12. The van der Waals surface area contributed by atoms with Gasteiger partial charge in [-0.05, 0) is 60.9 Å². The minimum atomic E-state index is -4.42. The van der Waals surface area contributed by atoms with Gasteiger partial charge in [0.1, 0.15) is 5.82 Å². The Morgan fingerprint density at radius 3 is 2.13 bits per heavy atom. The van der Waals surface area contributed by atoms with Gasteiger partial charge in [0.05, 0.1) is 65.5 Å². The van der Waals surface area contributed by atoms with Crippen molar-refractivity contribution in [2.75, 3.05) is 23.8 Å². The average Bonchev–Trinajstić information content (AvgIpc) is 3.66. The van der Waals surface area contributed by atoms with Crippen molar-refractivity contribution in [1.29, 1.82) is 0 Å². The Kier molecular flexibility index (Phi) is 9.84. The lowest BCUT2D eigenvalue weighted by molar-refractivity contribution is -0.137. The zero-order valence-corrected chi connectivity index (χ0v) is 28.1. The molecule has 276 valence electrons. The fraction of sp³-hybridized carbons (Fsp3) is 0.243. The molecule has 0 radical (unpaired) electrons. The van der Waals surface area contributed by atoms with E-state index in [-0.39, 0.29) is 46.0 Å². The molecule has 4 aromatic heterocycles. The monoisotopic (exact) mass is 742 g/mol. The Morgan fingerprint density at radius 1 is 0.870 bits per heavy atom. The predicted octanol–water partition coefficient (Wildman–Crippen LogP) is 6.86. The van der Waals surface area contributed by atoms with Crippen molar-refractivity contribution in [2.45, 2.75) is 32.1 Å². The van der Waals surface area contributed by atoms with Crippen LogP contribution in [-0.4, -0.2) is 71.1 Å². The summed E-state index contributed by atoms with van der Waals surface area (Å²) in [5, 5.41) is 35.2. The van der Waals surface area contributed by atoms with Crippen molar-refractivity contribution in [1.82, 2.24) is 29.5 Å². The molecule has 6 aromatic rings. The van der Waals surface area contributed by atoms with E-state index in [0.29, 0.717) is 53.5 Å². The molecule has 0 saturated carbocycles. The number of carboxylic acids is 2. The number of nitrogens with one attached hydrogen (secondary N) is 2. The molecule has 4 N–H and O–H groups in total. The fourth-order valence-corrected chi connectivity index (χ4v) is 6.31. The molecule has 2 unspecified atom stereocenters. The average molecular weight is 743 g/mol. The van der Waals surface area contributed by atoms with Crippen molar-refractivity contribution in [3.8, 4) is 11.8 Å². The highest BCUT2D eigenvalue weighted by Crippen LogP contribution is 2.33. The van der Waals surface area contributed by atoms with Gasteiger partial charge in [0.2, 0.25) is 0 Å². The Bertz CT molecular complexity index is 2450. The molecule has 2 atom stereocenters. The van der Waals surface area contributed by atoms with Crippen LogP contribution in [0.3, 0.4) is 0 Å². The van der Waals surface area contributed by atoms with Gasteiger partial charge in [-0.15, -0.1) is 0 Å². The molecule has 1 fully saturated rings. The maximum Gasteiger partial charge on any atom is 0.390 e. The second-order valence-corrected chi connectivity index (χ2v) is 12.6. The Labute approximate surface area is 303 Å². The number of aromatic nitrogens is 6. The van der Waals surface area contributed by atoms with Gasteiger partial charge in [-0.1, -0.05) is 11.8 Å². The lowest BCUT2D eigenvalue weighted by atomic mass is 9.88. The zero-order valence-electron chi connectivity index (χ0n) is 28.1. The van der Waals surface area contributed by atoms with Gasteiger partial charge in [-0.3, -0.25) is 19.3 Å². The third-order valence-corrected chi connectivity index (χ3v) is 8.99. The van der Waals surface area contributed by atoms with Gasteiger partial charge in [-0.2, -0.15) is 23.4 Å². The maximum atomic E-state index is 14.4. The number of pyridine rings is 2. The highest BCUT2D eigenvalue weighted by atomic mass is 19.4. The molecule has 1 aliphatic heterocycles. The normalized spacial score (nSPS) is 15.9. The number of halogens is 4. The molecule has 0 amide bonds. The number of rotatable bonds is 10. The maximum absolute atomic E-state index is 14.4. The number of ether oxygens (including phenoxy) is 1. The van der Waals surface area contributed by atoms with Gasteiger partial charge >= 0.3 is 18.1 Å². The molecule has 1 saturated heterocycles. The molecule has 2 aromatic carbocycles. The second-order valence-electron chi connectivity index (χ2n) is 12.6. The number of hydrogen-bond donors (Lipinski definition) is 4. The number of fused-ring (bicyclic) bond motifs is 2. The summed E-state index contributed by atoms with van der Waals surface area (Å²) >= 11 is 0. The summed E-state index contributed by atoms with van der Waals surface area (Å²) in [7, 11) is 0. The fourth-order valence-electron chi connectivity index (χ4n) is 6.31. The van der Waals surface area contributed by atoms with Gasteiger partial charge in [0.15, 0.2) is 11.6 Å². The third kappa shape index (κ3) is 7.78. The van der Waals surface area contributed by atoms with Crippen LogP contribution in [0.2, 0.25) is 0 Å².